The Kier molecular flexibility index (Phi) is 4.66. The summed E-state index contributed by atoms with van der Waals surface area (Å²) >= 11 is 1.28. The van der Waals surface area contributed by atoms with Crippen molar-refractivity contribution in [2.75, 3.05) is 18.6 Å². The number of rotatable bonds is 7. The van der Waals surface area contributed by atoms with Gasteiger partial charge in [-0.05, 0) is 19.3 Å². The Morgan fingerprint density at radius 3 is 2.94 bits per heavy atom. The molecule has 6 nitrogen and oxygen atoms in total. The minimum Gasteiger partial charge on any atom is -0.396 e. The van der Waals surface area contributed by atoms with Gasteiger partial charge in [0, 0.05) is 37.3 Å². The maximum Gasteiger partial charge on any atom is 0.148 e. The van der Waals surface area contributed by atoms with Crippen LogP contribution in [0.4, 0.5) is 5.00 Å². The van der Waals surface area contributed by atoms with E-state index < -0.39 is 0 Å². The van der Waals surface area contributed by atoms with E-state index in [2.05, 4.69) is 19.9 Å². The van der Waals surface area contributed by atoms with Crippen molar-refractivity contribution in [2.24, 2.45) is 5.84 Å². The van der Waals surface area contributed by atoms with Gasteiger partial charge in [-0.2, -0.15) is 0 Å². The van der Waals surface area contributed by atoms with Crippen molar-refractivity contribution < 1.29 is 5.11 Å². The molecule has 17 heavy (non-hydrogen) atoms. The Bertz CT molecular complexity index is 341. The van der Waals surface area contributed by atoms with Crippen molar-refractivity contribution in [3.05, 3.63) is 5.69 Å². The largest absolute Gasteiger partial charge is 0.396 e. The highest BCUT2D eigenvalue weighted by atomic mass is 32.1. The lowest BCUT2D eigenvalue weighted by Crippen LogP contribution is -2.40. The maximum absolute atomic E-state index is 8.93. The molecule has 0 atom stereocenters. The van der Waals surface area contributed by atoms with Crippen LogP contribution in [0.3, 0.4) is 0 Å². The molecular weight excluding hydrogens is 238 g/mol. The lowest BCUT2D eigenvalue weighted by atomic mass is 9.91. The van der Waals surface area contributed by atoms with E-state index in [-0.39, 0.29) is 6.61 Å². The Morgan fingerprint density at radius 1 is 1.53 bits per heavy atom. The van der Waals surface area contributed by atoms with Crippen LogP contribution in [0.2, 0.25) is 0 Å². The molecule has 7 heteroatoms. The zero-order valence-electron chi connectivity index (χ0n) is 9.80. The Labute approximate surface area is 105 Å². The molecule has 1 aromatic rings. The fraction of sp³-hybridized carbons (Fsp3) is 0.800. The van der Waals surface area contributed by atoms with Gasteiger partial charge in [-0.3, -0.25) is 4.90 Å². The summed E-state index contributed by atoms with van der Waals surface area (Å²) in [5.74, 6) is 5.42. The van der Waals surface area contributed by atoms with Crippen molar-refractivity contribution in [2.45, 2.75) is 38.3 Å². The normalized spacial score (nSPS) is 16.2. The van der Waals surface area contributed by atoms with Gasteiger partial charge in [0.2, 0.25) is 0 Å². The van der Waals surface area contributed by atoms with Crippen molar-refractivity contribution in [1.29, 1.82) is 0 Å². The van der Waals surface area contributed by atoms with E-state index in [0.717, 1.165) is 30.2 Å². The summed E-state index contributed by atoms with van der Waals surface area (Å²) in [7, 11) is 0. The van der Waals surface area contributed by atoms with Crippen molar-refractivity contribution >= 4 is 16.5 Å². The Balaban J connectivity index is 1.95. The highest BCUT2D eigenvalue weighted by Gasteiger charge is 2.25. The molecule has 2 rings (SSSR count). The number of anilines is 1. The lowest BCUT2D eigenvalue weighted by molar-refractivity contribution is 0.108. The van der Waals surface area contributed by atoms with Crippen LogP contribution in [0, 0.1) is 0 Å². The van der Waals surface area contributed by atoms with E-state index in [9.17, 15) is 0 Å². The van der Waals surface area contributed by atoms with Crippen molar-refractivity contribution in [3.8, 4) is 0 Å². The average molecular weight is 257 g/mol. The number of nitrogen functional groups attached to an aromatic ring is 1. The number of nitrogens with one attached hydrogen (secondary N) is 1. The van der Waals surface area contributed by atoms with Gasteiger partial charge in [-0.25, -0.2) is 5.84 Å². The molecule has 0 radical (unpaired) electrons. The average Bonchev–Trinajstić information content (AvgIpc) is 2.70. The third-order valence-corrected chi connectivity index (χ3v) is 3.93. The second-order valence-corrected chi connectivity index (χ2v) is 5.08. The Morgan fingerprint density at radius 2 is 2.35 bits per heavy atom. The molecule has 0 spiro atoms. The molecule has 0 unspecified atom stereocenters. The second-order valence-electron chi connectivity index (χ2n) is 4.33. The van der Waals surface area contributed by atoms with Crippen LogP contribution >= 0.6 is 11.5 Å². The number of aliphatic hydroxyl groups is 1. The number of hydrazine groups is 1. The first-order valence-corrected chi connectivity index (χ1v) is 6.75. The first-order valence-electron chi connectivity index (χ1n) is 5.98. The standard InChI is InChI=1S/C10H19N5OS/c11-12-10-9(13-14-17-10)7-15(5-2-6-16)8-3-1-4-8/h8,12,16H,1-7,11H2. The van der Waals surface area contributed by atoms with Gasteiger partial charge >= 0.3 is 0 Å². The SMILES string of the molecule is NNc1snnc1CN(CCCO)C1CCC1. The van der Waals surface area contributed by atoms with Gasteiger partial charge < -0.3 is 10.5 Å². The topological polar surface area (TPSA) is 87.3 Å². The fourth-order valence-corrected chi connectivity index (χ4v) is 2.51. The summed E-state index contributed by atoms with van der Waals surface area (Å²) in [4.78, 5) is 2.37. The van der Waals surface area contributed by atoms with Gasteiger partial charge in [0.15, 0.2) is 0 Å². The molecule has 1 aliphatic carbocycles. The number of aromatic nitrogens is 2. The van der Waals surface area contributed by atoms with Crippen molar-refractivity contribution in [1.82, 2.24) is 14.5 Å². The molecular formula is C10H19N5OS. The van der Waals surface area contributed by atoms with E-state index in [1.165, 1.54) is 30.8 Å². The van der Waals surface area contributed by atoms with Gasteiger partial charge in [-0.15, -0.1) is 5.10 Å². The highest BCUT2D eigenvalue weighted by Crippen LogP contribution is 2.27. The molecule has 96 valence electrons. The van der Waals surface area contributed by atoms with E-state index in [1.54, 1.807) is 0 Å². The monoisotopic (exact) mass is 257 g/mol. The quantitative estimate of drug-likeness (QED) is 0.489. The van der Waals surface area contributed by atoms with Crippen LogP contribution in [0.1, 0.15) is 31.4 Å². The summed E-state index contributed by atoms with van der Waals surface area (Å²) in [5, 5.41) is 13.9. The molecule has 1 heterocycles. The Hall–Kier alpha value is -0.760. The molecule has 4 N–H and O–H groups in total. The first kappa shape index (κ1) is 12.7. The van der Waals surface area contributed by atoms with Crippen LogP contribution in [0.5, 0.6) is 0 Å². The molecule has 0 aliphatic heterocycles. The van der Waals surface area contributed by atoms with E-state index >= 15 is 0 Å². The van der Waals surface area contributed by atoms with Gasteiger partial charge in [0.1, 0.15) is 10.7 Å². The predicted molar refractivity (Wildman–Crippen MR) is 67.5 cm³/mol. The number of nitrogens with two attached hydrogens (primary N) is 1. The second kappa shape index (κ2) is 6.25. The lowest BCUT2D eigenvalue weighted by Gasteiger charge is -2.37. The summed E-state index contributed by atoms with van der Waals surface area (Å²) in [6.07, 6.45) is 4.60. The van der Waals surface area contributed by atoms with Crippen LogP contribution in [0.25, 0.3) is 0 Å². The smallest absolute Gasteiger partial charge is 0.148 e. The zero-order chi connectivity index (χ0) is 12.1. The fourth-order valence-electron chi connectivity index (χ4n) is 2.03. The minimum absolute atomic E-state index is 0.237. The zero-order valence-corrected chi connectivity index (χ0v) is 10.6. The number of hydrogen-bond acceptors (Lipinski definition) is 7. The van der Waals surface area contributed by atoms with Gasteiger partial charge in [0.05, 0.1) is 0 Å². The summed E-state index contributed by atoms with van der Waals surface area (Å²) in [5.41, 5.74) is 3.53. The van der Waals surface area contributed by atoms with Crippen LogP contribution in [-0.4, -0.2) is 38.8 Å². The molecule has 1 aliphatic rings. The van der Waals surface area contributed by atoms with Crippen molar-refractivity contribution in [3.63, 3.8) is 0 Å². The summed E-state index contributed by atoms with van der Waals surface area (Å²) in [6, 6.07) is 0.633. The molecule has 0 saturated heterocycles. The number of aliphatic hydroxyl groups excluding tert-OH is 1. The van der Waals surface area contributed by atoms with Gasteiger partial charge in [-0.1, -0.05) is 10.9 Å². The molecule has 0 amide bonds. The first-order chi connectivity index (χ1) is 8.35. The summed E-state index contributed by atoms with van der Waals surface area (Å²) < 4.78 is 3.90. The third kappa shape index (κ3) is 3.12. The number of nitrogens with zero attached hydrogens (tertiary/aromatic N) is 3. The van der Waals surface area contributed by atoms with Crippen LogP contribution in [-0.2, 0) is 6.54 Å². The summed E-state index contributed by atoms with van der Waals surface area (Å²) in [6.45, 7) is 1.91. The van der Waals surface area contributed by atoms with E-state index in [1.807, 2.05) is 0 Å². The highest BCUT2D eigenvalue weighted by molar-refractivity contribution is 7.10. The third-order valence-electron chi connectivity index (χ3n) is 3.23. The molecule has 0 bridgehead atoms. The number of hydrogen-bond donors (Lipinski definition) is 3. The van der Waals surface area contributed by atoms with E-state index in [4.69, 9.17) is 10.9 Å². The predicted octanol–water partition coefficient (Wildman–Crippen LogP) is 0.561. The molecule has 0 aromatic carbocycles. The van der Waals surface area contributed by atoms with Gasteiger partial charge in [0.25, 0.3) is 0 Å². The molecule has 1 saturated carbocycles. The maximum atomic E-state index is 8.93. The molecule has 1 aromatic heterocycles. The van der Waals surface area contributed by atoms with Crippen LogP contribution in [0.15, 0.2) is 0 Å². The molecule has 1 fully saturated rings. The minimum atomic E-state index is 0.237. The van der Waals surface area contributed by atoms with E-state index in [0.29, 0.717) is 6.04 Å². The van der Waals surface area contributed by atoms with Crippen LogP contribution < -0.4 is 11.3 Å².